The molecule has 1 amide bonds. The van der Waals surface area contributed by atoms with Crippen LogP contribution in [0.1, 0.15) is 34.2 Å². The molecule has 0 aliphatic carbocycles. The van der Waals surface area contributed by atoms with Crippen molar-refractivity contribution < 1.29 is 18.0 Å². The van der Waals surface area contributed by atoms with Crippen LogP contribution < -0.4 is 5.32 Å². The van der Waals surface area contributed by atoms with Crippen molar-refractivity contribution in [2.75, 3.05) is 19.6 Å². The molecule has 0 saturated carbocycles. The van der Waals surface area contributed by atoms with Gasteiger partial charge in [-0.1, -0.05) is 36.4 Å². The highest BCUT2D eigenvalue weighted by molar-refractivity contribution is 5.85. The van der Waals surface area contributed by atoms with E-state index in [1.54, 1.807) is 0 Å². The van der Waals surface area contributed by atoms with Gasteiger partial charge in [0.1, 0.15) is 6.04 Å². The Morgan fingerprint density at radius 1 is 1.04 bits per heavy atom. The molecule has 2 aromatic carbocycles. The molecule has 1 fully saturated rings. The Morgan fingerprint density at radius 3 is 2.52 bits per heavy atom. The molecule has 25 heavy (non-hydrogen) atoms. The van der Waals surface area contributed by atoms with E-state index >= 15 is 0 Å². The normalized spacial score (nSPS) is 23.6. The van der Waals surface area contributed by atoms with Crippen LogP contribution in [0, 0.1) is 0 Å². The molecular weight excluding hydrogens is 329 g/mol. The van der Waals surface area contributed by atoms with Crippen molar-refractivity contribution >= 4 is 5.91 Å². The van der Waals surface area contributed by atoms with Gasteiger partial charge in [0.15, 0.2) is 0 Å². The summed E-state index contributed by atoms with van der Waals surface area (Å²) in [5.74, 6) is -0.320. The molecule has 2 aliphatic heterocycles. The van der Waals surface area contributed by atoms with Crippen molar-refractivity contribution in [1.82, 2.24) is 10.2 Å². The highest BCUT2D eigenvalue weighted by atomic mass is 19.4. The van der Waals surface area contributed by atoms with E-state index < -0.39 is 17.8 Å². The molecule has 130 valence electrons. The van der Waals surface area contributed by atoms with Crippen LogP contribution in [0.4, 0.5) is 13.2 Å². The van der Waals surface area contributed by atoms with Crippen molar-refractivity contribution in [3.8, 4) is 0 Å². The van der Waals surface area contributed by atoms with Gasteiger partial charge in [-0.15, -0.1) is 0 Å². The van der Waals surface area contributed by atoms with Gasteiger partial charge in [-0.25, -0.2) is 0 Å². The lowest BCUT2D eigenvalue weighted by atomic mass is 9.79. The number of hydrogen-bond acceptors (Lipinski definition) is 2. The van der Waals surface area contributed by atoms with Gasteiger partial charge in [-0.2, -0.15) is 13.2 Å². The highest BCUT2D eigenvalue weighted by Gasteiger charge is 2.41. The van der Waals surface area contributed by atoms with E-state index in [0.29, 0.717) is 30.8 Å². The number of carbonyl (C=O) groups excluding carboxylic acids is 1. The summed E-state index contributed by atoms with van der Waals surface area (Å²) in [5, 5.41) is 2.82. The molecule has 1 saturated heterocycles. The van der Waals surface area contributed by atoms with Gasteiger partial charge in [0.2, 0.25) is 5.91 Å². The average molecular weight is 346 g/mol. The maximum absolute atomic E-state index is 13.2. The Labute approximate surface area is 143 Å². The van der Waals surface area contributed by atoms with E-state index in [9.17, 15) is 18.0 Å². The molecule has 2 aromatic rings. The first-order chi connectivity index (χ1) is 11.9. The summed E-state index contributed by atoms with van der Waals surface area (Å²) in [6.07, 6.45) is -4.40. The number of rotatable bonds is 1. The minimum atomic E-state index is -4.40. The monoisotopic (exact) mass is 346 g/mol. The number of fused-ring (bicyclic) bond motifs is 3. The topological polar surface area (TPSA) is 32.3 Å². The third-order valence-electron chi connectivity index (χ3n) is 5.01. The number of benzene rings is 2. The quantitative estimate of drug-likeness (QED) is 0.859. The van der Waals surface area contributed by atoms with E-state index in [1.807, 2.05) is 30.3 Å². The lowest BCUT2D eigenvalue weighted by Gasteiger charge is -2.43. The van der Waals surface area contributed by atoms with Gasteiger partial charge in [-0.3, -0.25) is 9.69 Å². The SMILES string of the molecule is O=C1NCCN2C[C@@H](c3ccccc3)c3cc(C(F)(F)F)ccc3[C@H]12. The van der Waals surface area contributed by atoms with Crippen molar-refractivity contribution in [1.29, 1.82) is 0 Å². The second-order valence-corrected chi connectivity index (χ2v) is 6.49. The number of amides is 1. The maximum atomic E-state index is 13.2. The van der Waals surface area contributed by atoms with Gasteiger partial charge in [-0.05, 0) is 28.8 Å². The Bertz CT molecular complexity index is 804. The molecule has 1 N–H and O–H groups in total. The fourth-order valence-corrected chi connectivity index (χ4v) is 3.85. The first kappa shape index (κ1) is 16.1. The first-order valence-electron chi connectivity index (χ1n) is 8.23. The second kappa shape index (κ2) is 5.88. The summed E-state index contributed by atoms with van der Waals surface area (Å²) in [6, 6.07) is 12.8. The van der Waals surface area contributed by atoms with Crippen LogP contribution in [0.25, 0.3) is 0 Å². The molecule has 0 spiro atoms. The minimum Gasteiger partial charge on any atom is -0.353 e. The Kier molecular flexibility index (Phi) is 3.80. The molecule has 0 unspecified atom stereocenters. The van der Waals surface area contributed by atoms with Crippen LogP contribution in [-0.4, -0.2) is 30.4 Å². The molecule has 0 bridgehead atoms. The van der Waals surface area contributed by atoms with Crippen molar-refractivity contribution in [3.63, 3.8) is 0 Å². The zero-order valence-corrected chi connectivity index (χ0v) is 13.4. The number of hydrogen-bond donors (Lipinski definition) is 1. The number of nitrogens with one attached hydrogen (secondary N) is 1. The van der Waals surface area contributed by atoms with E-state index in [4.69, 9.17) is 0 Å². The van der Waals surface area contributed by atoms with Crippen molar-refractivity contribution in [2.24, 2.45) is 0 Å². The molecule has 4 rings (SSSR count). The lowest BCUT2D eigenvalue weighted by molar-refractivity contribution is -0.137. The van der Waals surface area contributed by atoms with Crippen LogP contribution in [-0.2, 0) is 11.0 Å². The Hall–Kier alpha value is -2.34. The number of piperazine rings is 1. The molecule has 2 atom stereocenters. The zero-order valence-electron chi connectivity index (χ0n) is 13.4. The summed E-state index contributed by atoms with van der Waals surface area (Å²) in [5.41, 5.74) is 1.56. The average Bonchev–Trinajstić information content (AvgIpc) is 2.60. The van der Waals surface area contributed by atoms with Crippen LogP contribution in [0.15, 0.2) is 48.5 Å². The predicted molar refractivity (Wildman–Crippen MR) is 87.1 cm³/mol. The van der Waals surface area contributed by atoms with E-state index in [-0.39, 0.29) is 11.8 Å². The number of alkyl halides is 3. The van der Waals surface area contributed by atoms with Gasteiger partial charge in [0, 0.05) is 25.6 Å². The third-order valence-corrected chi connectivity index (χ3v) is 5.01. The number of nitrogens with zero attached hydrogens (tertiary/aromatic N) is 1. The molecule has 6 heteroatoms. The summed E-state index contributed by atoms with van der Waals surface area (Å²) in [4.78, 5) is 14.4. The molecule has 0 radical (unpaired) electrons. The number of carbonyl (C=O) groups is 1. The van der Waals surface area contributed by atoms with Crippen LogP contribution in [0.5, 0.6) is 0 Å². The van der Waals surface area contributed by atoms with Crippen LogP contribution in [0.2, 0.25) is 0 Å². The standard InChI is InChI=1S/C19H17F3N2O/c20-19(21,22)13-6-7-14-15(10-13)16(12-4-2-1-3-5-12)11-24-9-8-23-18(25)17(14)24/h1-7,10,16-17H,8-9,11H2,(H,23,25)/t16-,17+/m0/s1. The fraction of sp³-hybridized carbons (Fsp3) is 0.316. The van der Waals surface area contributed by atoms with Gasteiger partial charge < -0.3 is 5.32 Å². The Morgan fingerprint density at radius 2 is 1.80 bits per heavy atom. The summed E-state index contributed by atoms with van der Waals surface area (Å²) < 4.78 is 39.6. The van der Waals surface area contributed by atoms with Crippen LogP contribution in [0.3, 0.4) is 0 Å². The van der Waals surface area contributed by atoms with Gasteiger partial charge in [0.25, 0.3) is 0 Å². The molecule has 0 aromatic heterocycles. The predicted octanol–water partition coefficient (Wildman–Crippen LogP) is 3.32. The molecule has 2 aliphatic rings. The summed E-state index contributed by atoms with van der Waals surface area (Å²) in [7, 11) is 0. The molecule has 2 heterocycles. The zero-order chi connectivity index (χ0) is 17.6. The smallest absolute Gasteiger partial charge is 0.353 e. The van der Waals surface area contributed by atoms with E-state index in [0.717, 1.165) is 11.6 Å². The van der Waals surface area contributed by atoms with Crippen molar-refractivity contribution in [3.05, 3.63) is 70.8 Å². The lowest BCUT2D eigenvalue weighted by Crippen LogP contribution is -2.53. The van der Waals surface area contributed by atoms with Crippen molar-refractivity contribution in [2.45, 2.75) is 18.1 Å². The minimum absolute atomic E-state index is 0.140. The summed E-state index contributed by atoms with van der Waals surface area (Å²) >= 11 is 0. The van der Waals surface area contributed by atoms with Crippen LogP contribution >= 0.6 is 0 Å². The number of halogens is 3. The van der Waals surface area contributed by atoms with E-state index in [2.05, 4.69) is 10.2 Å². The van der Waals surface area contributed by atoms with Gasteiger partial charge >= 0.3 is 6.18 Å². The largest absolute Gasteiger partial charge is 0.416 e. The maximum Gasteiger partial charge on any atom is 0.416 e. The van der Waals surface area contributed by atoms with Gasteiger partial charge in [0.05, 0.1) is 5.56 Å². The van der Waals surface area contributed by atoms with E-state index in [1.165, 1.54) is 12.1 Å². The Balaban J connectivity index is 1.88. The molecular formula is C19H17F3N2O. The second-order valence-electron chi connectivity index (χ2n) is 6.49. The fourth-order valence-electron chi connectivity index (χ4n) is 3.85. The molecule has 3 nitrogen and oxygen atoms in total. The third kappa shape index (κ3) is 2.80. The highest BCUT2D eigenvalue weighted by Crippen LogP contribution is 2.42. The summed E-state index contributed by atoms with van der Waals surface area (Å²) in [6.45, 7) is 1.80. The first-order valence-corrected chi connectivity index (χ1v) is 8.23.